The van der Waals surface area contributed by atoms with Gasteiger partial charge in [0, 0.05) is 17.2 Å². The van der Waals surface area contributed by atoms with E-state index in [0.29, 0.717) is 39.9 Å². The molecule has 150 valence electrons. The number of hydrogen-bond acceptors (Lipinski definition) is 7. The zero-order valence-electron chi connectivity index (χ0n) is 16.2. The van der Waals surface area contributed by atoms with Crippen LogP contribution >= 0.6 is 15.9 Å². The number of nitrogens with zero attached hydrogens (tertiary/aromatic N) is 1. The number of hydrogen-bond donors (Lipinski definition) is 1. The Labute approximate surface area is 171 Å². The summed E-state index contributed by atoms with van der Waals surface area (Å²) in [6.45, 7) is 0. The fourth-order valence-corrected chi connectivity index (χ4v) is 2.94. The van der Waals surface area contributed by atoms with E-state index in [9.17, 15) is 4.79 Å². The molecule has 1 amide bonds. The van der Waals surface area contributed by atoms with Gasteiger partial charge in [-0.1, -0.05) is 0 Å². The molecule has 1 N–H and O–H groups in total. The van der Waals surface area contributed by atoms with Gasteiger partial charge in [-0.25, -0.2) is 5.43 Å². The Kier molecular flexibility index (Phi) is 7.51. The van der Waals surface area contributed by atoms with Gasteiger partial charge >= 0.3 is 0 Å². The third-order valence-electron chi connectivity index (χ3n) is 3.80. The van der Waals surface area contributed by atoms with Crippen LogP contribution in [0.25, 0.3) is 0 Å². The minimum Gasteiger partial charge on any atom is -0.496 e. The first kappa shape index (κ1) is 21.4. The molecule has 0 saturated heterocycles. The van der Waals surface area contributed by atoms with Crippen LogP contribution in [0.5, 0.6) is 28.7 Å². The highest BCUT2D eigenvalue weighted by Gasteiger charge is 2.16. The summed E-state index contributed by atoms with van der Waals surface area (Å²) in [5.41, 5.74) is 3.42. The predicted molar refractivity (Wildman–Crippen MR) is 108 cm³/mol. The van der Waals surface area contributed by atoms with E-state index in [0.717, 1.165) is 4.47 Å². The number of benzene rings is 2. The Morgan fingerprint density at radius 1 is 0.857 bits per heavy atom. The van der Waals surface area contributed by atoms with E-state index >= 15 is 0 Å². The summed E-state index contributed by atoms with van der Waals surface area (Å²) in [6.07, 6.45) is 1.47. The summed E-state index contributed by atoms with van der Waals surface area (Å²) < 4.78 is 27.0. The van der Waals surface area contributed by atoms with E-state index in [1.54, 1.807) is 19.2 Å². The van der Waals surface area contributed by atoms with E-state index in [1.807, 2.05) is 0 Å². The van der Waals surface area contributed by atoms with Gasteiger partial charge in [-0.15, -0.1) is 0 Å². The van der Waals surface area contributed by atoms with Crippen molar-refractivity contribution in [1.29, 1.82) is 0 Å². The fourth-order valence-electron chi connectivity index (χ4n) is 2.42. The minimum atomic E-state index is -0.443. The largest absolute Gasteiger partial charge is 0.496 e. The molecule has 0 fully saturated rings. The maximum absolute atomic E-state index is 12.5. The van der Waals surface area contributed by atoms with Crippen molar-refractivity contribution in [3.8, 4) is 28.7 Å². The molecule has 0 bridgehead atoms. The first-order chi connectivity index (χ1) is 13.5. The summed E-state index contributed by atoms with van der Waals surface area (Å²) in [5.74, 6) is 1.87. The first-order valence-electron chi connectivity index (χ1n) is 8.03. The van der Waals surface area contributed by atoms with Gasteiger partial charge in [0.25, 0.3) is 5.91 Å². The summed E-state index contributed by atoms with van der Waals surface area (Å²) in [6, 6.07) is 6.56. The van der Waals surface area contributed by atoms with Crippen molar-refractivity contribution in [3.05, 3.63) is 39.9 Å². The maximum atomic E-state index is 12.5. The first-order valence-corrected chi connectivity index (χ1v) is 8.83. The van der Waals surface area contributed by atoms with Crippen molar-refractivity contribution >= 4 is 28.1 Å². The molecule has 0 saturated carbocycles. The van der Waals surface area contributed by atoms with E-state index in [2.05, 4.69) is 26.5 Å². The fraction of sp³-hybridized carbons (Fsp3) is 0.263. The molecule has 2 aromatic carbocycles. The van der Waals surface area contributed by atoms with Gasteiger partial charge in [-0.05, 0) is 34.1 Å². The molecule has 2 aromatic rings. The lowest BCUT2D eigenvalue weighted by Crippen LogP contribution is -2.18. The van der Waals surface area contributed by atoms with Crippen LogP contribution in [0, 0.1) is 0 Å². The van der Waals surface area contributed by atoms with Crippen molar-refractivity contribution in [3.63, 3.8) is 0 Å². The van der Waals surface area contributed by atoms with E-state index in [4.69, 9.17) is 23.7 Å². The van der Waals surface area contributed by atoms with Gasteiger partial charge in [0.1, 0.15) is 11.5 Å². The summed E-state index contributed by atoms with van der Waals surface area (Å²) in [4.78, 5) is 12.5. The third kappa shape index (κ3) is 4.66. The molecule has 8 nitrogen and oxygen atoms in total. The normalized spacial score (nSPS) is 10.5. The molecule has 28 heavy (non-hydrogen) atoms. The zero-order valence-corrected chi connectivity index (χ0v) is 17.7. The molecule has 0 spiro atoms. The Morgan fingerprint density at radius 2 is 1.43 bits per heavy atom. The molecule has 0 radical (unpaired) electrons. The second kappa shape index (κ2) is 9.84. The van der Waals surface area contributed by atoms with E-state index in [1.165, 1.54) is 46.8 Å². The number of nitrogens with one attached hydrogen (secondary N) is 1. The third-order valence-corrected chi connectivity index (χ3v) is 4.42. The highest BCUT2D eigenvalue weighted by molar-refractivity contribution is 9.10. The number of ether oxygens (including phenoxy) is 5. The van der Waals surface area contributed by atoms with Gasteiger partial charge in [-0.3, -0.25) is 4.79 Å². The van der Waals surface area contributed by atoms with Gasteiger partial charge in [0.15, 0.2) is 11.5 Å². The van der Waals surface area contributed by atoms with Gasteiger partial charge in [0.2, 0.25) is 5.75 Å². The van der Waals surface area contributed by atoms with Crippen LogP contribution in [0.4, 0.5) is 0 Å². The molecule has 2 rings (SSSR count). The van der Waals surface area contributed by atoms with Gasteiger partial charge < -0.3 is 23.7 Å². The lowest BCUT2D eigenvalue weighted by Gasteiger charge is -2.13. The average molecular weight is 453 g/mol. The molecule has 0 aliphatic carbocycles. The number of amides is 1. The molecule has 0 aliphatic heterocycles. The van der Waals surface area contributed by atoms with E-state index < -0.39 is 5.91 Å². The predicted octanol–water partition coefficient (Wildman–Crippen LogP) is 3.26. The van der Waals surface area contributed by atoms with Crippen molar-refractivity contribution in [1.82, 2.24) is 5.43 Å². The lowest BCUT2D eigenvalue weighted by atomic mass is 10.1. The van der Waals surface area contributed by atoms with Crippen LogP contribution in [-0.2, 0) is 0 Å². The second-order valence-corrected chi connectivity index (χ2v) is 6.20. The number of carbonyl (C=O) groups excluding carboxylic acids is 1. The number of hydrazone groups is 1. The monoisotopic (exact) mass is 452 g/mol. The Morgan fingerprint density at radius 3 is 1.93 bits per heavy atom. The number of methoxy groups -OCH3 is 5. The number of halogens is 1. The standard InChI is InChI=1S/C19H21BrN2O6/c1-24-14-9-15(25-2)13(20)6-12(14)10-21-22-19(23)11-7-16(26-3)18(28-5)17(8-11)27-4/h6-10H,1-5H3,(H,22,23)/b21-10+. The number of carbonyl (C=O) groups is 1. The Balaban J connectivity index is 2.24. The Bertz CT molecular complexity index is 860. The van der Waals surface area contributed by atoms with Crippen LogP contribution in [0.3, 0.4) is 0 Å². The van der Waals surface area contributed by atoms with Crippen LogP contribution in [0.1, 0.15) is 15.9 Å². The van der Waals surface area contributed by atoms with Crippen LogP contribution in [-0.4, -0.2) is 47.7 Å². The number of rotatable bonds is 8. The average Bonchev–Trinajstić information content (AvgIpc) is 2.72. The molecule has 9 heteroatoms. The second-order valence-electron chi connectivity index (χ2n) is 5.34. The van der Waals surface area contributed by atoms with Crippen LogP contribution in [0.2, 0.25) is 0 Å². The zero-order chi connectivity index (χ0) is 20.7. The van der Waals surface area contributed by atoms with Crippen molar-refractivity contribution in [2.45, 2.75) is 0 Å². The maximum Gasteiger partial charge on any atom is 0.271 e. The molecular formula is C19H21BrN2O6. The molecule has 0 aromatic heterocycles. The SMILES string of the molecule is COc1cc(OC)c(/C=N/NC(=O)c2cc(OC)c(OC)c(OC)c2)cc1Br. The summed E-state index contributed by atoms with van der Waals surface area (Å²) >= 11 is 3.40. The van der Waals surface area contributed by atoms with Crippen LogP contribution in [0.15, 0.2) is 33.8 Å². The summed E-state index contributed by atoms with van der Waals surface area (Å²) in [5, 5.41) is 4.00. The quantitative estimate of drug-likeness (QED) is 0.488. The molecule has 0 heterocycles. The molecular weight excluding hydrogens is 432 g/mol. The van der Waals surface area contributed by atoms with Crippen molar-refractivity contribution in [2.24, 2.45) is 5.10 Å². The van der Waals surface area contributed by atoms with Gasteiger partial charge in [0.05, 0.1) is 46.2 Å². The topological polar surface area (TPSA) is 87.6 Å². The van der Waals surface area contributed by atoms with E-state index in [-0.39, 0.29) is 0 Å². The highest BCUT2D eigenvalue weighted by atomic mass is 79.9. The molecule has 0 atom stereocenters. The van der Waals surface area contributed by atoms with Crippen molar-refractivity contribution < 1.29 is 28.5 Å². The smallest absolute Gasteiger partial charge is 0.271 e. The van der Waals surface area contributed by atoms with Crippen LogP contribution < -0.4 is 29.1 Å². The lowest BCUT2D eigenvalue weighted by molar-refractivity contribution is 0.0954. The summed E-state index contributed by atoms with van der Waals surface area (Å²) in [7, 11) is 7.54. The van der Waals surface area contributed by atoms with Crippen molar-refractivity contribution in [2.75, 3.05) is 35.5 Å². The minimum absolute atomic E-state index is 0.300. The highest BCUT2D eigenvalue weighted by Crippen LogP contribution is 2.38. The molecule has 0 unspecified atom stereocenters. The Hall–Kier alpha value is -2.94. The van der Waals surface area contributed by atoms with Gasteiger partial charge in [-0.2, -0.15) is 5.10 Å². The molecule has 0 aliphatic rings.